The number of furan rings is 1. The van der Waals surface area contributed by atoms with Crippen molar-refractivity contribution < 1.29 is 4.42 Å². The van der Waals surface area contributed by atoms with E-state index in [0.717, 1.165) is 34.1 Å². The van der Waals surface area contributed by atoms with Gasteiger partial charge in [0.05, 0.1) is 6.04 Å². The summed E-state index contributed by atoms with van der Waals surface area (Å²) < 4.78 is 6.50. The monoisotopic (exact) mass is 309 g/mol. The second-order valence-electron chi connectivity index (χ2n) is 6.68. The highest BCUT2D eigenvalue weighted by Crippen LogP contribution is 2.59. The van der Waals surface area contributed by atoms with Crippen molar-refractivity contribution in [1.82, 2.24) is 0 Å². The van der Waals surface area contributed by atoms with Gasteiger partial charge in [-0.15, -0.1) is 0 Å². The molecular formula is C15H20BrNO. The second-order valence-corrected chi connectivity index (χ2v) is 7.46. The zero-order valence-electron chi connectivity index (χ0n) is 10.5. The molecule has 2 nitrogen and oxygen atoms in total. The van der Waals surface area contributed by atoms with E-state index in [1.807, 2.05) is 12.1 Å². The molecule has 0 saturated heterocycles. The van der Waals surface area contributed by atoms with Gasteiger partial charge in [-0.05, 0) is 89.8 Å². The van der Waals surface area contributed by atoms with Gasteiger partial charge in [0.25, 0.3) is 0 Å². The lowest BCUT2D eigenvalue weighted by Crippen LogP contribution is -2.48. The fourth-order valence-electron chi connectivity index (χ4n) is 5.25. The largest absolute Gasteiger partial charge is 0.453 e. The Hall–Kier alpha value is -0.280. The van der Waals surface area contributed by atoms with E-state index < -0.39 is 0 Å². The molecule has 1 unspecified atom stereocenters. The molecule has 5 rings (SSSR count). The first kappa shape index (κ1) is 11.5. The van der Waals surface area contributed by atoms with E-state index in [4.69, 9.17) is 10.2 Å². The van der Waals surface area contributed by atoms with Crippen LogP contribution in [-0.4, -0.2) is 0 Å². The predicted octanol–water partition coefficient (Wildman–Crippen LogP) is 4.11. The summed E-state index contributed by atoms with van der Waals surface area (Å²) in [7, 11) is 0. The van der Waals surface area contributed by atoms with Gasteiger partial charge in [-0.3, -0.25) is 0 Å². The quantitative estimate of drug-likeness (QED) is 0.892. The average Bonchev–Trinajstić information content (AvgIpc) is 2.74. The third-order valence-corrected chi connectivity index (χ3v) is 6.06. The maximum atomic E-state index is 6.52. The Bertz CT molecular complexity index is 427. The normalized spacial score (nSPS) is 43.3. The number of hydrogen-bond donors (Lipinski definition) is 1. The van der Waals surface area contributed by atoms with Gasteiger partial charge < -0.3 is 10.2 Å². The maximum absolute atomic E-state index is 6.52. The summed E-state index contributed by atoms with van der Waals surface area (Å²) in [5.74, 6) is 5.38. The van der Waals surface area contributed by atoms with E-state index in [2.05, 4.69) is 15.9 Å². The van der Waals surface area contributed by atoms with E-state index >= 15 is 0 Å². The number of rotatable bonds is 2. The minimum atomic E-state index is 0.103. The van der Waals surface area contributed by atoms with Gasteiger partial charge in [0.1, 0.15) is 5.76 Å². The van der Waals surface area contributed by atoms with Crippen LogP contribution in [0.3, 0.4) is 0 Å². The van der Waals surface area contributed by atoms with Crippen LogP contribution in [0, 0.1) is 29.6 Å². The molecule has 0 aliphatic heterocycles. The van der Waals surface area contributed by atoms with Crippen molar-refractivity contribution in [3.05, 3.63) is 22.6 Å². The molecule has 98 valence electrons. The van der Waals surface area contributed by atoms with E-state index in [-0.39, 0.29) is 6.04 Å². The minimum absolute atomic E-state index is 0.103. The van der Waals surface area contributed by atoms with Gasteiger partial charge in [0, 0.05) is 0 Å². The molecule has 4 aliphatic rings. The van der Waals surface area contributed by atoms with Gasteiger partial charge in [0.2, 0.25) is 0 Å². The van der Waals surface area contributed by atoms with E-state index in [0.29, 0.717) is 5.92 Å². The third kappa shape index (κ3) is 1.70. The lowest BCUT2D eigenvalue weighted by Gasteiger charge is -2.55. The van der Waals surface area contributed by atoms with E-state index in [9.17, 15) is 0 Å². The molecule has 3 heteroatoms. The third-order valence-electron chi connectivity index (χ3n) is 5.64. The van der Waals surface area contributed by atoms with Crippen LogP contribution < -0.4 is 5.73 Å². The molecule has 0 spiro atoms. The van der Waals surface area contributed by atoms with Crippen LogP contribution in [0.25, 0.3) is 0 Å². The van der Waals surface area contributed by atoms with Crippen LogP contribution in [0.4, 0.5) is 0 Å². The van der Waals surface area contributed by atoms with Gasteiger partial charge >= 0.3 is 0 Å². The van der Waals surface area contributed by atoms with Crippen molar-refractivity contribution in [2.45, 2.75) is 38.1 Å². The molecule has 0 amide bonds. The van der Waals surface area contributed by atoms with E-state index in [1.54, 1.807) is 0 Å². The van der Waals surface area contributed by atoms with Crippen LogP contribution in [0.1, 0.15) is 43.9 Å². The first-order chi connectivity index (χ1) is 8.70. The smallest absolute Gasteiger partial charge is 0.169 e. The molecule has 1 atom stereocenters. The highest BCUT2D eigenvalue weighted by Gasteiger charge is 2.50. The molecule has 18 heavy (non-hydrogen) atoms. The maximum Gasteiger partial charge on any atom is 0.169 e. The van der Waals surface area contributed by atoms with Gasteiger partial charge in [-0.2, -0.15) is 0 Å². The predicted molar refractivity (Wildman–Crippen MR) is 73.9 cm³/mol. The van der Waals surface area contributed by atoms with Crippen molar-refractivity contribution >= 4 is 15.9 Å². The second kappa shape index (κ2) is 4.11. The van der Waals surface area contributed by atoms with Gasteiger partial charge in [-0.1, -0.05) is 0 Å². The molecule has 2 N–H and O–H groups in total. The Labute approximate surface area is 116 Å². The lowest BCUT2D eigenvalue weighted by atomic mass is 9.50. The molecule has 1 heterocycles. The van der Waals surface area contributed by atoms with Crippen LogP contribution in [0.15, 0.2) is 21.2 Å². The highest BCUT2D eigenvalue weighted by atomic mass is 79.9. The SMILES string of the molecule is NC(c1ccc(Br)o1)C1C2CC3CC(C2)CC1C3. The van der Waals surface area contributed by atoms with Gasteiger partial charge in [0.15, 0.2) is 4.67 Å². The van der Waals surface area contributed by atoms with Crippen LogP contribution in [0.2, 0.25) is 0 Å². The van der Waals surface area contributed by atoms with E-state index in [1.165, 1.54) is 32.1 Å². The zero-order valence-corrected chi connectivity index (χ0v) is 12.1. The summed E-state index contributed by atoms with van der Waals surface area (Å²) in [6.45, 7) is 0. The molecule has 4 aliphatic carbocycles. The molecule has 4 bridgehead atoms. The first-order valence-corrected chi connectivity index (χ1v) is 8.01. The Morgan fingerprint density at radius 2 is 1.67 bits per heavy atom. The molecule has 1 aromatic rings. The zero-order chi connectivity index (χ0) is 12.3. The van der Waals surface area contributed by atoms with Gasteiger partial charge in [-0.25, -0.2) is 0 Å². The Morgan fingerprint density at radius 1 is 1.06 bits per heavy atom. The Kier molecular flexibility index (Phi) is 2.63. The minimum Gasteiger partial charge on any atom is -0.453 e. The highest BCUT2D eigenvalue weighted by molar-refractivity contribution is 9.10. The summed E-state index contributed by atoms with van der Waals surface area (Å²) >= 11 is 3.38. The molecule has 4 saturated carbocycles. The molecule has 0 aromatic carbocycles. The van der Waals surface area contributed by atoms with Crippen LogP contribution in [-0.2, 0) is 0 Å². The van der Waals surface area contributed by atoms with Crippen molar-refractivity contribution in [2.75, 3.05) is 0 Å². The Balaban J connectivity index is 1.61. The standard InChI is InChI=1S/C15H20BrNO/c16-13-2-1-12(18-13)15(17)14-10-4-8-3-9(6-10)7-11(14)5-8/h1-2,8-11,14-15H,3-7,17H2. The molecular weight excluding hydrogens is 290 g/mol. The van der Waals surface area contributed by atoms with Crippen molar-refractivity contribution in [2.24, 2.45) is 35.3 Å². The average molecular weight is 310 g/mol. The molecule has 0 radical (unpaired) electrons. The number of hydrogen-bond acceptors (Lipinski definition) is 2. The summed E-state index contributed by atoms with van der Waals surface area (Å²) in [6.07, 6.45) is 7.20. The number of halogens is 1. The van der Waals surface area contributed by atoms with Crippen molar-refractivity contribution in [1.29, 1.82) is 0 Å². The molecule has 4 fully saturated rings. The first-order valence-electron chi connectivity index (χ1n) is 7.21. The summed E-state index contributed by atoms with van der Waals surface area (Å²) in [4.78, 5) is 0. The fraction of sp³-hybridized carbons (Fsp3) is 0.733. The van der Waals surface area contributed by atoms with Crippen molar-refractivity contribution in [3.8, 4) is 0 Å². The van der Waals surface area contributed by atoms with Crippen molar-refractivity contribution in [3.63, 3.8) is 0 Å². The lowest BCUT2D eigenvalue weighted by molar-refractivity contribution is -0.0497. The number of nitrogens with two attached hydrogens (primary N) is 1. The summed E-state index contributed by atoms with van der Waals surface area (Å²) in [5.41, 5.74) is 6.52. The molecule has 1 aromatic heterocycles. The van der Waals surface area contributed by atoms with Crippen LogP contribution in [0.5, 0.6) is 0 Å². The Morgan fingerprint density at radius 3 is 2.17 bits per heavy atom. The topological polar surface area (TPSA) is 39.2 Å². The van der Waals surface area contributed by atoms with Crippen LogP contribution >= 0.6 is 15.9 Å². The summed E-state index contributed by atoms with van der Waals surface area (Å²) in [6, 6.07) is 4.11. The fourth-order valence-corrected chi connectivity index (χ4v) is 5.57. The summed E-state index contributed by atoms with van der Waals surface area (Å²) in [5, 5.41) is 0.